The first-order valence-corrected chi connectivity index (χ1v) is 2.08. The average molecular weight is 114 g/mol. The smallest absolute Gasteiger partial charge is 0.247 e. The number of nitrogens with two attached hydrogens (primary N) is 1. The minimum atomic E-state index is -1.02. The molecule has 0 amide bonds. The van der Waals surface area contributed by atoms with Crippen LogP contribution in [-0.2, 0) is 0 Å². The van der Waals surface area contributed by atoms with Crippen LogP contribution in [0.2, 0.25) is 0 Å². The fraction of sp³-hybridized carbons (Fsp3) is 0.333. The molecule has 44 valence electrons. The maximum atomic E-state index is 8.57. The molecule has 5 heteroatoms. The normalized spacial score (nSPS) is 26.6. The number of aliphatic imine (C=N–C) groups is 2. The monoisotopic (exact) mass is 114 g/mol. The van der Waals surface area contributed by atoms with Crippen LogP contribution in [0.15, 0.2) is 9.98 Å². The largest absolute Gasteiger partial charge is 0.370 e. The summed E-state index contributed by atoms with van der Waals surface area (Å²) in [4.78, 5) is 6.86. The zero-order chi connectivity index (χ0) is 5.98. The molecule has 1 atom stereocenters. The van der Waals surface area contributed by atoms with Gasteiger partial charge in [0.2, 0.25) is 6.35 Å². The highest BCUT2D eigenvalue weighted by atomic mass is 16.3. The van der Waals surface area contributed by atoms with E-state index >= 15 is 0 Å². The molecule has 0 saturated carbocycles. The zero-order valence-electron chi connectivity index (χ0n) is 4.07. The van der Waals surface area contributed by atoms with E-state index in [1.807, 2.05) is 0 Å². The molecule has 1 rings (SSSR count). The Kier molecular flexibility index (Phi) is 1.13. The number of nitrogens with zero attached hydrogens (tertiary/aromatic N) is 2. The van der Waals surface area contributed by atoms with Crippen LogP contribution in [0.5, 0.6) is 0 Å². The minimum absolute atomic E-state index is 0.188. The Labute approximate surface area is 45.9 Å². The Morgan fingerprint density at radius 1 is 1.88 bits per heavy atom. The van der Waals surface area contributed by atoms with Crippen molar-refractivity contribution in [3.63, 3.8) is 0 Å². The van der Waals surface area contributed by atoms with Crippen LogP contribution in [0.1, 0.15) is 0 Å². The van der Waals surface area contributed by atoms with E-state index in [1.165, 1.54) is 6.34 Å². The van der Waals surface area contributed by atoms with E-state index in [4.69, 9.17) is 10.8 Å². The fourth-order valence-electron chi connectivity index (χ4n) is 0.365. The van der Waals surface area contributed by atoms with Crippen molar-refractivity contribution in [1.82, 2.24) is 5.32 Å². The van der Waals surface area contributed by atoms with E-state index in [2.05, 4.69) is 15.3 Å². The second-order valence-corrected chi connectivity index (χ2v) is 1.28. The molecular weight excluding hydrogens is 108 g/mol. The molecule has 1 aliphatic rings. The van der Waals surface area contributed by atoms with E-state index in [-0.39, 0.29) is 5.96 Å². The third-order valence-electron chi connectivity index (χ3n) is 0.675. The first-order chi connectivity index (χ1) is 3.79. The highest BCUT2D eigenvalue weighted by molar-refractivity contribution is 5.90. The first-order valence-electron chi connectivity index (χ1n) is 2.08. The molecule has 0 fully saturated rings. The lowest BCUT2D eigenvalue weighted by Crippen LogP contribution is -2.35. The summed E-state index contributed by atoms with van der Waals surface area (Å²) in [5.74, 6) is 0.188. The Hall–Kier alpha value is -1.10. The summed E-state index contributed by atoms with van der Waals surface area (Å²) >= 11 is 0. The second-order valence-electron chi connectivity index (χ2n) is 1.28. The average Bonchev–Trinajstić information content (AvgIpc) is 1.64. The molecule has 0 unspecified atom stereocenters. The highest BCUT2D eigenvalue weighted by Crippen LogP contribution is 1.86. The number of aliphatic hydroxyl groups excluding tert-OH is 1. The summed E-state index contributed by atoms with van der Waals surface area (Å²) in [6.07, 6.45) is 0.281. The number of rotatable bonds is 0. The summed E-state index contributed by atoms with van der Waals surface area (Å²) in [5.41, 5.74) is 5.11. The van der Waals surface area contributed by atoms with Gasteiger partial charge in [0.05, 0.1) is 6.34 Å². The topological polar surface area (TPSA) is 83.0 Å². The van der Waals surface area contributed by atoms with E-state index < -0.39 is 6.35 Å². The van der Waals surface area contributed by atoms with Gasteiger partial charge in [0, 0.05) is 0 Å². The molecule has 8 heavy (non-hydrogen) atoms. The number of nitrogens with one attached hydrogen (secondary N) is 1. The van der Waals surface area contributed by atoms with Crippen LogP contribution in [0.4, 0.5) is 0 Å². The molecule has 0 bridgehead atoms. The van der Waals surface area contributed by atoms with Crippen molar-refractivity contribution in [3.05, 3.63) is 0 Å². The summed E-state index contributed by atoms with van der Waals surface area (Å²) in [5, 5.41) is 11.1. The molecule has 4 N–H and O–H groups in total. The van der Waals surface area contributed by atoms with Crippen molar-refractivity contribution in [2.75, 3.05) is 0 Å². The molecule has 0 aliphatic carbocycles. The van der Waals surface area contributed by atoms with Gasteiger partial charge in [-0.25, -0.2) is 4.99 Å². The number of guanidine groups is 1. The molecule has 0 spiro atoms. The zero-order valence-corrected chi connectivity index (χ0v) is 4.07. The highest BCUT2D eigenvalue weighted by Gasteiger charge is 2.00. The van der Waals surface area contributed by atoms with Gasteiger partial charge in [0.15, 0.2) is 5.96 Å². The van der Waals surface area contributed by atoms with Crippen molar-refractivity contribution >= 4 is 12.3 Å². The lowest BCUT2D eigenvalue weighted by Gasteiger charge is -2.06. The van der Waals surface area contributed by atoms with Gasteiger partial charge < -0.3 is 16.2 Å². The molecule has 0 aromatic rings. The second kappa shape index (κ2) is 1.79. The van der Waals surface area contributed by atoms with Gasteiger partial charge in [0.25, 0.3) is 0 Å². The molecule has 0 saturated heterocycles. The molecular formula is C3H6N4O. The van der Waals surface area contributed by atoms with Crippen LogP contribution in [0.25, 0.3) is 0 Å². The van der Waals surface area contributed by atoms with Crippen LogP contribution in [0, 0.1) is 0 Å². The lowest BCUT2D eigenvalue weighted by atomic mass is 10.8. The first kappa shape index (κ1) is 5.04. The van der Waals surface area contributed by atoms with Crippen molar-refractivity contribution in [2.24, 2.45) is 15.7 Å². The molecule has 1 heterocycles. The Bertz CT molecular complexity index is 140. The predicted molar refractivity (Wildman–Crippen MR) is 29.3 cm³/mol. The van der Waals surface area contributed by atoms with Crippen LogP contribution < -0.4 is 11.1 Å². The van der Waals surface area contributed by atoms with Gasteiger partial charge in [0.1, 0.15) is 0 Å². The SMILES string of the molecule is NC1=N[C@@H](O)N=CN1. The number of hydrogen-bond donors (Lipinski definition) is 3. The van der Waals surface area contributed by atoms with Gasteiger partial charge in [-0.2, -0.15) is 4.99 Å². The third-order valence-corrected chi connectivity index (χ3v) is 0.675. The van der Waals surface area contributed by atoms with Crippen LogP contribution in [0.3, 0.4) is 0 Å². The van der Waals surface area contributed by atoms with Crippen molar-refractivity contribution < 1.29 is 5.11 Å². The summed E-state index contributed by atoms with van der Waals surface area (Å²) in [7, 11) is 0. The maximum absolute atomic E-state index is 8.57. The number of aliphatic hydroxyl groups is 1. The van der Waals surface area contributed by atoms with Gasteiger partial charge in [-0.05, 0) is 0 Å². The fourth-order valence-corrected chi connectivity index (χ4v) is 0.365. The van der Waals surface area contributed by atoms with Crippen LogP contribution in [-0.4, -0.2) is 23.8 Å². The molecule has 0 aromatic heterocycles. The van der Waals surface area contributed by atoms with E-state index in [9.17, 15) is 0 Å². The van der Waals surface area contributed by atoms with Gasteiger partial charge in [-0.15, -0.1) is 0 Å². The van der Waals surface area contributed by atoms with Gasteiger partial charge in [-0.1, -0.05) is 0 Å². The minimum Gasteiger partial charge on any atom is -0.370 e. The summed E-state index contributed by atoms with van der Waals surface area (Å²) in [6.45, 7) is 0. The molecule has 0 aromatic carbocycles. The van der Waals surface area contributed by atoms with E-state index in [1.54, 1.807) is 0 Å². The van der Waals surface area contributed by atoms with Crippen LogP contribution >= 0.6 is 0 Å². The molecule has 5 nitrogen and oxygen atoms in total. The van der Waals surface area contributed by atoms with Gasteiger partial charge in [-0.3, -0.25) is 0 Å². The Morgan fingerprint density at radius 2 is 2.62 bits per heavy atom. The molecule has 0 radical (unpaired) electrons. The molecule has 1 aliphatic heterocycles. The van der Waals surface area contributed by atoms with Crippen molar-refractivity contribution in [1.29, 1.82) is 0 Å². The third kappa shape index (κ3) is 0.941. The summed E-state index contributed by atoms with van der Waals surface area (Å²) < 4.78 is 0. The van der Waals surface area contributed by atoms with E-state index in [0.29, 0.717) is 0 Å². The standard InChI is InChI=1S/C3H6N4O/c4-2-5-1-6-3(8)7-2/h1,3,8H,(H3,4,5,6,7)/t3-/m0/s1. The van der Waals surface area contributed by atoms with Crippen molar-refractivity contribution in [3.8, 4) is 0 Å². The Balaban J connectivity index is 2.60. The summed E-state index contributed by atoms with van der Waals surface area (Å²) in [6, 6.07) is 0. The quantitative estimate of drug-likeness (QED) is 0.347. The van der Waals surface area contributed by atoms with Crippen molar-refractivity contribution in [2.45, 2.75) is 6.35 Å². The number of hydrogen-bond acceptors (Lipinski definition) is 5. The lowest BCUT2D eigenvalue weighted by molar-refractivity contribution is 0.193. The van der Waals surface area contributed by atoms with E-state index in [0.717, 1.165) is 0 Å². The van der Waals surface area contributed by atoms with Gasteiger partial charge >= 0.3 is 0 Å². The predicted octanol–water partition coefficient (Wildman–Crippen LogP) is -1.79. The maximum Gasteiger partial charge on any atom is 0.247 e. The Morgan fingerprint density at radius 3 is 3.00 bits per heavy atom.